The van der Waals surface area contributed by atoms with E-state index in [0.29, 0.717) is 44.9 Å². The Morgan fingerprint density at radius 1 is 0.816 bits per heavy atom. The van der Waals surface area contributed by atoms with Crippen molar-refractivity contribution >= 4 is 67.9 Å². The highest BCUT2D eigenvalue weighted by Crippen LogP contribution is 2.39. The molecule has 1 aromatic heterocycles. The van der Waals surface area contributed by atoms with E-state index in [9.17, 15) is 14.4 Å². The van der Waals surface area contributed by atoms with Crippen LogP contribution in [-0.4, -0.2) is 56.4 Å². The maximum atomic E-state index is 13.7. The van der Waals surface area contributed by atoms with Gasteiger partial charge in [0.15, 0.2) is 16.6 Å². The Morgan fingerprint density at radius 2 is 1.55 bits per heavy atom. The Kier molecular flexibility index (Phi) is 11.4. The number of methoxy groups -OCH3 is 4. The average molecular weight is 699 g/mol. The Morgan fingerprint density at radius 3 is 2.22 bits per heavy atom. The summed E-state index contributed by atoms with van der Waals surface area (Å²) in [5, 5.41) is 8.50. The summed E-state index contributed by atoms with van der Waals surface area (Å²) in [5.74, 6) is 0.614. The number of hydrogen-bond donors (Lipinski definition) is 3. The van der Waals surface area contributed by atoms with Gasteiger partial charge in [-0.2, -0.15) is 0 Å². The fourth-order valence-electron chi connectivity index (χ4n) is 4.69. The van der Waals surface area contributed by atoms with Gasteiger partial charge in [0.25, 0.3) is 11.8 Å². The number of anilines is 2. The zero-order valence-electron chi connectivity index (χ0n) is 27.4. The molecule has 0 spiro atoms. The van der Waals surface area contributed by atoms with Crippen molar-refractivity contribution in [3.8, 4) is 23.0 Å². The number of hydrogen-bond acceptors (Lipinski definition) is 10. The number of carbonyl (C=O) groups excluding carboxylic acids is 3. The number of ether oxygens (including phenoxy) is 4. The van der Waals surface area contributed by atoms with E-state index in [4.69, 9.17) is 18.9 Å². The summed E-state index contributed by atoms with van der Waals surface area (Å²) < 4.78 is 22.5. The quantitative estimate of drug-likeness (QED) is 0.0890. The molecule has 1 heterocycles. The van der Waals surface area contributed by atoms with E-state index < -0.39 is 17.1 Å². The van der Waals surface area contributed by atoms with Crippen LogP contribution in [0.1, 0.15) is 22.8 Å². The van der Waals surface area contributed by atoms with E-state index in [1.807, 2.05) is 24.3 Å². The van der Waals surface area contributed by atoms with Crippen LogP contribution in [-0.2, 0) is 9.59 Å². The Labute approximate surface area is 291 Å². The van der Waals surface area contributed by atoms with E-state index in [1.165, 1.54) is 50.5 Å². The molecule has 49 heavy (non-hydrogen) atoms. The first-order valence-corrected chi connectivity index (χ1v) is 16.6. The van der Waals surface area contributed by atoms with Gasteiger partial charge in [-0.25, -0.2) is 4.98 Å². The first kappa shape index (κ1) is 34.8. The summed E-state index contributed by atoms with van der Waals surface area (Å²) in [6.07, 6.45) is 1.52. The van der Waals surface area contributed by atoms with Gasteiger partial charge in [-0.05, 0) is 79.2 Å². The molecule has 0 bridgehead atoms. The number of fused-ring (bicyclic) bond motifs is 1. The second-order valence-electron chi connectivity index (χ2n) is 10.4. The Hall–Kier alpha value is -5.53. The monoisotopic (exact) mass is 698 g/mol. The predicted molar refractivity (Wildman–Crippen MR) is 193 cm³/mol. The van der Waals surface area contributed by atoms with E-state index in [1.54, 1.807) is 74.7 Å². The molecule has 11 nitrogen and oxygen atoms in total. The van der Waals surface area contributed by atoms with Gasteiger partial charge in [0.05, 0.1) is 43.9 Å². The van der Waals surface area contributed by atoms with Crippen molar-refractivity contribution in [2.75, 3.05) is 39.1 Å². The third-order valence-corrected chi connectivity index (χ3v) is 9.15. The molecule has 0 fully saturated rings. The lowest BCUT2D eigenvalue weighted by Gasteiger charge is -2.15. The zero-order chi connectivity index (χ0) is 34.9. The topological polar surface area (TPSA) is 137 Å². The number of nitrogens with zero attached hydrogens (tertiary/aromatic N) is 1. The molecule has 0 aliphatic heterocycles. The third-order valence-electron chi connectivity index (χ3n) is 7.13. The van der Waals surface area contributed by atoms with Crippen molar-refractivity contribution in [3.05, 3.63) is 102 Å². The van der Waals surface area contributed by atoms with Crippen molar-refractivity contribution in [3.63, 3.8) is 0 Å². The largest absolute Gasteiger partial charge is 0.497 e. The summed E-state index contributed by atoms with van der Waals surface area (Å²) >= 11 is 2.69. The first-order valence-electron chi connectivity index (χ1n) is 14.9. The lowest BCUT2D eigenvalue weighted by atomic mass is 10.1. The number of aromatic nitrogens is 1. The van der Waals surface area contributed by atoms with Gasteiger partial charge in [0.1, 0.15) is 11.4 Å². The summed E-state index contributed by atoms with van der Waals surface area (Å²) in [4.78, 5) is 45.2. The van der Waals surface area contributed by atoms with Gasteiger partial charge >= 0.3 is 0 Å². The van der Waals surface area contributed by atoms with Gasteiger partial charge in [0, 0.05) is 16.1 Å². The van der Waals surface area contributed by atoms with Gasteiger partial charge in [-0.1, -0.05) is 35.6 Å². The molecule has 3 amide bonds. The van der Waals surface area contributed by atoms with Gasteiger partial charge in [0.2, 0.25) is 11.7 Å². The molecule has 4 aromatic carbocycles. The summed E-state index contributed by atoms with van der Waals surface area (Å²) in [5.41, 5.74) is 2.10. The van der Waals surface area contributed by atoms with Gasteiger partial charge in [-0.15, -0.1) is 11.8 Å². The van der Waals surface area contributed by atoms with E-state index in [0.717, 1.165) is 15.1 Å². The number of amides is 3. The molecule has 3 N–H and O–H groups in total. The zero-order valence-corrected chi connectivity index (χ0v) is 29.0. The first-order chi connectivity index (χ1) is 23.7. The highest BCUT2D eigenvalue weighted by molar-refractivity contribution is 8.00. The van der Waals surface area contributed by atoms with Crippen LogP contribution >= 0.6 is 23.1 Å². The van der Waals surface area contributed by atoms with Gasteiger partial charge in [-0.3, -0.25) is 14.4 Å². The Bertz CT molecular complexity index is 1990. The van der Waals surface area contributed by atoms with E-state index >= 15 is 0 Å². The second-order valence-corrected chi connectivity index (χ2v) is 12.9. The molecular formula is C36H34N4O7S2. The second kappa shape index (κ2) is 16.0. The fourth-order valence-corrected chi connectivity index (χ4v) is 6.51. The lowest BCUT2D eigenvalue weighted by molar-refractivity contribution is -0.115. The Balaban J connectivity index is 1.33. The SMILES string of the molecule is COc1ccc2nc(NC(=O)C(C)Sc3cccc(NC(=O)/C(=C\c4cc(OC)c(OC)c(OC)c4)NC(=O)c4ccccc4)c3)sc2c1. The molecule has 5 aromatic rings. The number of thioether (sulfide) groups is 1. The number of benzene rings is 4. The van der Waals surface area contributed by atoms with Crippen molar-refractivity contribution in [2.45, 2.75) is 17.1 Å². The fraction of sp³-hybridized carbons (Fsp3) is 0.167. The van der Waals surface area contributed by atoms with Crippen LogP contribution in [0.5, 0.6) is 23.0 Å². The van der Waals surface area contributed by atoms with Crippen LogP contribution in [0, 0.1) is 0 Å². The predicted octanol–water partition coefficient (Wildman–Crippen LogP) is 6.86. The van der Waals surface area contributed by atoms with Crippen molar-refractivity contribution in [1.29, 1.82) is 0 Å². The molecular weight excluding hydrogens is 665 g/mol. The van der Waals surface area contributed by atoms with Crippen LogP contribution < -0.4 is 34.9 Å². The van der Waals surface area contributed by atoms with Crippen LogP contribution in [0.25, 0.3) is 16.3 Å². The van der Waals surface area contributed by atoms with Crippen LogP contribution in [0.3, 0.4) is 0 Å². The molecule has 0 aliphatic carbocycles. The van der Waals surface area contributed by atoms with Crippen LogP contribution in [0.15, 0.2) is 95.5 Å². The van der Waals surface area contributed by atoms with Crippen LogP contribution in [0.4, 0.5) is 10.8 Å². The smallest absolute Gasteiger partial charge is 0.272 e. The normalized spacial score (nSPS) is 11.7. The van der Waals surface area contributed by atoms with E-state index in [2.05, 4.69) is 20.9 Å². The minimum absolute atomic E-state index is 0.0256. The maximum absolute atomic E-state index is 13.7. The third kappa shape index (κ3) is 8.69. The summed E-state index contributed by atoms with van der Waals surface area (Å²) in [6, 6.07) is 24.5. The summed E-state index contributed by atoms with van der Waals surface area (Å²) in [6.45, 7) is 1.79. The number of nitrogens with one attached hydrogen (secondary N) is 3. The molecule has 1 unspecified atom stereocenters. The van der Waals surface area contributed by atoms with Crippen molar-refractivity contribution in [2.24, 2.45) is 0 Å². The standard InChI is InChI=1S/C36H34N4O7S2/c1-21(33(41)40-36-39-27-15-14-25(44-2)20-31(27)49-36)48-26-13-9-12-24(19-26)37-35(43)28(38-34(42)23-10-7-6-8-11-23)16-22-17-29(45-3)32(47-5)30(18-22)46-4/h6-21H,1-5H3,(H,37,43)(H,38,42)(H,39,40,41)/b28-16+. The molecule has 5 rings (SSSR count). The number of carbonyl (C=O) groups is 3. The van der Waals surface area contributed by atoms with Gasteiger partial charge < -0.3 is 34.9 Å². The molecule has 0 saturated carbocycles. The highest BCUT2D eigenvalue weighted by Gasteiger charge is 2.20. The molecule has 0 saturated heterocycles. The molecule has 0 aliphatic rings. The van der Waals surface area contributed by atoms with Crippen molar-refractivity contribution in [1.82, 2.24) is 10.3 Å². The highest BCUT2D eigenvalue weighted by atomic mass is 32.2. The van der Waals surface area contributed by atoms with Crippen LogP contribution in [0.2, 0.25) is 0 Å². The molecule has 1 atom stereocenters. The molecule has 13 heteroatoms. The average Bonchev–Trinajstić information content (AvgIpc) is 3.52. The maximum Gasteiger partial charge on any atom is 0.272 e. The van der Waals surface area contributed by atoms with E-state index in [-0.39, 0.29) is 11.6 Å². The minimum atomic E-state index is -0.571. The minimum Gasteiger partial charge on any atom is -0.497 e. The lowest BCUT2D eigenvalue weighted by Crippen LogP contribution is -2.30. The molecule has 252 valence electrons. The number of rotatable bonds is 13. The summed E-state index contributed by atoms with van der Waals surface area (Å²) in [7, 11) is 6.07. The molecule has 0 radical (unpaired) electrons. The van der Waals surface area contributed by atoms with Crippen molar-refractivity contribution < 1.29 is 33.3 Å². The number of thiazole rings is 1.